The molecule has 27 heavy (non-hydrogen) atoms. The second kappa shape index (κ2) is 9.06. The summed E-state index contributed by atoms with van der Waals surface area (Å²) >= 11 is 6.27. The van der Waals surface area contributed by atoms with Gasteiger partial charge in [0.25, 0.3) is 5.91 Å². The lowest BCUT2D eigenvalue weighted by atomic mass is 10.1. The summed E-state index contributed by atoms with van der Waals surface area (Å²) in [6.07, 6.45) is 2.60. The van der Waals surface area contributed by atoms with E-state index in [0.29, 0.717) is 22.4 Å². The lowest BCUT2D eigenvalue weighted by molar-refractivity contribution is -0.115. The lowest BCUT2D eigenvalue weighted by Crippen LogP contribution is -2.17. The largest absolute Gasteiger partial charge is 0.493 e. The molecule has 3 rings (SSSR count). The normalized spacial score (nSPS) is 15.1. The van der Waals surface area contributed by atoms with Crippen molar-refractivity contribution < 1.29 is 14.3 Å². The molecule has 1 amide bonds. The van der Waals surface area contributed by atoms with Crippen molar-refractivity contribution in [3.63, 3.8) is 0 Å². The maximum absolute atomic E-state index is 11.7. The Morgan fingerprint density at radius 2 is 1.93 bits per heavy atom. The number of rotatable bonds is 7. The first kappa shape index (κ1) is 19.5. The van der Waals surface area contributed by atoms with E-state index in [2.05, 4.69) is 30.4 Å². The number of carbonyl (C=O) groups is 1. The summed E-state index contributed by atoms with van der Waals surface area (Å²) in [6.45, 7) is 5.26. The molecule has 0 saturated carbocycles. The van der Waals surface area contributed by atoms with Gasteiger partial charge in [0, 0.05) is 6.42 Å². The van der Waals surface area contributed by atoms with Crippen molar-refractivity contribution in [2.75, 3.05) is 13.2 Å². The smallest absolute Gasteiger partial charge is 0.263 e. The first-order chi connectivity index (χ1) is 13.0. The fourth-order valence-corrected chi connectivity index (χ4v) is 3.60. The van der Waals surface area contributed by atoms with Crippen molar-refractivity contribution in [2.24, 2.45) is 0 Å². The molecule has 4 nitrogen and oxygen atoms in total. The third-order valence-electron chi connectivity index (χ3n) is 3.96. The number of aryl methyl sites for hydroxylation is 2. The van der Waals surface area contributed by atoms with Gasteiger partial charge in [0.2, 0.25) is 0 Å². The Morgan fingerprint density at radius 3 is 2.70 bits per heavy atom. The number of thioether (sulfide) groups is 1. The van der Waals surface area contributed by atoms with Gasteiger partial charge in [0.1, 0.15) is 15.8 Å². The lowest BCUT2D eigenvalue weighted by Gasteiger charge is -2.11. The van der Waals surface area contributed by atoms with Gasteiger partial charge in [0.15, 0.2) is 0 Å². The number of hydrogen-bond donors (Lipinski definition) is 1. The van der Waals surface area contributed by atoms with E-state index >= 15 is 0 Å². The van der Waals surface area contributed by atoms with Gasteiger partial charge in [-0.05, 0) is 54.8 Å². The topological polar surface area (TPSA) is 47.6 Å². The summed E-state index contributed by atoms with van der Waals surface area (Å²) in [5, 5.41) is 2.61. The summed E-state index contributed by atoms with van der Waals surface area (Å²) in [4.78, 5) is 12.3. The van der Waals surface area contributed by atoms with Crippen molar-refractivity contribution >= 4 is 40.3 Å². The molecule has 1 aliphatic rings. The van der Waals surface area contributed by atoms with E-state index in [1.54, 1.807) is 0 Å². The molecular formula is C21H21NO3S2. The number of carbonyl (C=O) groups excluding carboxylic acids is 1. The summed E-state index contributed by atoms with van der Waals surface area (Å²) in [6, 6.07) is 13.8. The van der Waals surface area contributed by atoms with Crippen LogP contribution in [0.5, 0.6) is 11.5 Å². The first-order valence-electron chi connectivity index (χ1n) is 8.69. The average Bonchev–Trinajstić information content (AvgIpc) is 2.95. The van der Waals surface area contributed by atoms with Crippen LogP contribution in [-0.4, -0.2) is 23.4 Å². The molecule has 0 atom stereocenters. The van der Waals surface area contributed by atoms with E-state index in [9.17, 15) is 4.79 Å². The minimum Gasteiger partial charge on any atom is -0.493 e. The van der Waals surface area contributed by atoms with Gasteiger partial charge in [-0.3, -0.25) is 4.79 Å². The molecule has 1 saturated heterocycles. The van der Waals surface area contributed by atoms with Gasteiger partial charge in [-0.25, -0.2) is 0 Å². The molecule has 140 valence electrons. The van der Waals surface area contributed by atoms with Gasteiger partial charge >= 0.3 is 0 Å². The van der Waals surface area contributed by atoms with Crippen molar-refractivity contribution in [3.8, 4) is 11.5 Å². The molecule has 2 aromatic rings. The summed E-state index contributed by atoms with van der Waals surface area (Å²) in [5.41, 5.74) is 3.23. The quantitative estimate of drug-likeness (QED) is 0.418. The molecule has 0 radical (unpaired) electrons. The van der Waals surface area contributed by atoms with E-state index in [1.807, 2.05) is 37.3 Å². The molecule has 0 unspecified atom stereocenters. The van der Waals surface area contributed by atoms with Crippen LogP contribution in [0, 0.1) is 13.8 Å². The Morgan fingerprint density at radius 1 is 1.11 bits per heavy atom. The van der Waals surface area contributed by atoms with Gasteiger partial charge in [-0.2, -0.15) is 0 Å². The minimum atomic E-state index is -0.153. The van der Waals surface area contributed by atoms with Crippen molar-refractivity contribution in [1.29, 1.82) is 0 Å². The van der Waals surface area contributed by atoms with Crippen LogP contribution in [0.3, 0.4) is 0 Å². The highest BCUT2D eigenvalue weighted by molar-refractivity contribution is 8.26. The number of thiocarbonyl (C=S) groups is 1. The van der Waals surface area contributed by atoms with Crippen LogP contribution in [-0.2, 0) is 4.79 Å². The van der Waals surface area contributed by atoms with Gasteiger partial charge in [0.05, 0.1) is 18.1 Å². The third kappa shape index (κ3) is 5.58. The fourth-order valence-electron chi connectivity index (χ4n) is 2.56. The van der Waals surface area contributed by atoms with Crippen LogP contribution in [0.15, 0.2) is 47.4 Å². The van der Waals surface area contributed by atoms with Gasteiger partial charge in [-0.15, -0.1) is 0 Å². The molecule has 1 N–H and O–H groups in total. The Labute approximate surface area is 168 Å². The maximum atomic E-state index is 11.7. The highest BCUT2D eigenvalue weighted by atomic mass is 32.2. The molecular weight excluding hydrogens is 378 g/mol. The van der Waals surface area contributed by atoms with Crippen molar-refractivity contribution in [3.05, 3.63) is 64.1 Å². The van der Waals surface area contributed by atoms with Crippen LogP contribution in [0.1, 0.15) is 23.1 Å². The average molecular weight is 400 g/mol. The standard InChI is InChI=1S/C21H21NO3S2/c1-14-7-8-15(2)18(11-14)25-10-4-9-24-17-6-3-5-16(12-17)13-19-20(23)22-21(26)27-19/h3,5-8,11-13H,4,9-10H2,1-2H3,(H,22,23,26)/b19-13+. The van der Waals surface area contributed by atoms with Crippen molar-refractivity contribution in [2.45, 2.75) is 20.3 Å². The molecule has 0 aliphatic carbocycles. The highest BCUT2D eigenvalue weighted by Crippen LogP contribution is 2.27. The number of benzene rings is 2. The van der Waals surface area contributed by atoms with Crippen LogP contribution in [0.25, 0.3) is 6.08 Å². The Bertz CT molecular complexity index is 893. The number of amides is 1. The van der Waals surface area contributed by atoms with Gasteiger partial charge < -0.3 is 14.8 Å². The molecule has 1 heterocycles. The molecule has 0 spiro atoms. The van der Waals surface area contributed by atoms with Crippen LogP contribution < -0.4 is 14.8 Å². The maximum Gasteiger partial charge on any atom is 0.263 e. The first-order valence-corrected chi connectivity index (χ1v) is 9.91. The second-order valence-electron chi connectivity index (χ2n) is 6.24. The molecule has 2 aromatic carbocycles. The zero-order chi connectivity index (χ0) is 19.2. The number of nitrogens with one attached hydrogen (secondary N) is 1. The summed E-state index contributed by atoms with van der Waals surface area (Å²) in [7, 11) is 0. The minimum absolute atomic E-state index is 0.153. The van der Waals surface area contributed by atoms with E-state index in [4.69, 9.17) is 21.7 Å². The van der Waals surface area contributed by atoms with E-state index in [0.717, 1.165) is 29.0 Å². The molecule has 1 fully saturated rings. The predicted molar refractivity (Wildman–Crippen MR) is 114 cm³/mol. The molecule has 0 bridgehead atoms. The SMILES string of the molecule is Cc1ccc(C)c(OCCCOc2cccc(/C=C3/SC(=S)NC3=O)c2)c1. The second-order valence-corrected chi connectivity index (χ2v) is 7.96. The zero-order valence-corrected chi connectivity index (χ0v) is 16.9. The fraction of sp³-hybridized carbons (Fsp3) is 0.238. The molecule has 6 heteroatoms. The Kier molecular flexibility index (Phi) is 6.53. The number of hydrogen-bond acceptors (Lipinski definition) is 5. The molecule has 0 aromatic heterocycles. The van der Waals surface area contributed by atoms with Crippen LogP contribution >= 0.6 is 24.0 Å². The predicted octanol–water partition coefficient (Wildman–Crippen LogP) is 4.64. The van der Waals surface area contributed by atoms with E-state index < -0.39 is 0 Å². The Balaban J connectivity index is 1.49. The zero-order valence-electron chi connectivity index (χ0n) is 15.3. The van der Waals surface area contributed by atoms with E-state index in [1.165, 1.54) is 17.3 Å². The Hall–Kier alpha value is -2.31. The number of ether oxygens (including phenoxy) is 2. The molecule has 1 aliphatic heterocycles. The van der Waals surface area contributed by atoms with Crippen LogP contribution in [0.4, 0.5) is 0 Å². The highest BCUT2D eigenvalue weighted by Gasteiger charge is 2.21. The third-order valence-corrected chi connectivity index (χ3v) is 5.12. The summed E-state index contributed by atoms with van der Waals surface area (Å²) < 4.78 is 12.1. The van der Waals surface area contributed by atoms with E-state index in [-0.39, 0.29) is 5.91 Å². The van der Waals surface area contributed by atoms with Gasteiger partial charge in [-0.1, -0.05) is 48.2 Å². The summed E-state index contributed by atoms with van der Waals surface area (Å²) in [5.74, 6) is 1.54. The van der Waals surface area contributed by atoms with Crippen molar-refractivity contribution in [1.82, 2.24) is 5.32 Å². The monoisotopic (exact) mass is 399 g/mol. The van der Waals surface area contributed by atoms with Crippen LogP contribution in [0.2, 0.25) is 0 Å².